The van der Waals surface area contributed by atoms with Gasteiger partial charge in [-0.25, -0.2) is 17.9 Å². The summed E-state index contributed by atoms with van der Waals surface area (Å²) in [7, 11) is -3.72. The number of carbonyl (C=O) groups is 2. The molecule has 1 aliphatic rings. The van der Waals surface area contributed by atoms with Crippen molar-refractivity contribution in [3.8, 4) is 0 Å². The second kappa shape index (κ2) is 5.90. The summed E-state index contributed by atoms with van der Waals surface area (Å²) >= 11 is 0.690. The first kappa shape index (κ1) is 14.9. The molecule has 2 rings (SSSR count). The van der Waals surface area contributed by atoms with E-state index in [1.165, 1.54) is 12.1 Å². The fraction of sp³-hybridized carbons (Fsp3) is 0.455. The van der Waals surface area contributed by atoms with Crippen LogP contribution >= 0.6 is 11.3 Å². The number of hydrogen-bond donors (Lipinski definition) is 3. The normalized spacial score (nSPS) is 15.0. The minimum Gasteiger partial charge on any atom is -0.477 e. The summed E-state index contributed by atoms with van der Waals surface area (Å²) in [5, 5.41) is 11.4. The predicted octanol–water partition coefficient (Wildman–Crippen LogP) is 0.251. The maximum atomic E-state index is 11.9. The number of thiophene rings is 1. The van der Waals surface area contributed by atoms with E-state index in [1.807, 2.05) is 0 Å². The Morgan fingerprint density at radius 1 is 1.30 bits per heavy atom. The van der Waals surface area contributed by atoms with Crippen LogP contribution < -0.4 is 10.0 Å². The van der Waals surface area contributed by atoms with Gasteiger partial charge in [0.25, 0.3) is 0 Å². The molecule has 1 aromatic heterocycles. The molecule has 1 fully saturated rings. The monoisotopic (exact) mass is 318 g/mol. The number of rotatable bonds is 7. The Labute approximate surface area is 120 Å². The Bertz CT molecular complexity index is 619. The van der Waals surface area contributed by atoms with Gasteiger partial charge in [-0.05, 0) is 25.0 Å². The molecule has 9 heteroatoms. The van der Waals surface area contributed by atoms with Gasteiger partial charge in [-0.15, -0.1) is 11.3 Å². The van der Waals surface area contributed by atoms with Crippen molar-refractivity contribution in [2.45, 2.75) is 17.1 Å². The number of aromatic carboxylic acids is 1. The molecule has 0 aromatic carbocycles. The van der Waals surface area contributed by atoms with Crippen molar-refractivity contribution >= 4 is 33.2 Å². The molecule has 0 bridgehead atoms. The van der Waals surface area contributed by atoms with E-state index in [1.54, 1.807) is 0 Å². The molecular formula is C11H14N2O5S2. The van der Waals surface area contributed by atoms with Gasteiger partial charge in [-0.2, -0.15) is 0 Å². The lowest BCUT2D eigenvalue weighted by molar-refractivity contribution is -0.122. The SMILES string of the molecule is O=C(O)c1ccc(S(=O)(=O)NCCNC(=O)C2CC2)s1. The summed E-state index contributed by atoms with van der Waals surface area (Å²) in [6.07, 6.45) is 1.79. The molecule has 0 radical (unpaired) electrons. The summed E-state index contributed by atoms with van der Waals surface area (Å²) in [6, 6.07) is 2.50. The summed E-state index contributed by atoms with van der Waals surface area (Å²) in [6.45, 7) is 0.285. The van der Waals surface area contributed by atoms with Gasteiger partial charge < -0.3 is 10.4 Å². The number of hydrogen-bond acceptors (Lipinski definition) is 5. The van der Waals surface area contributed by atoms with Crippen molar-refractivity contribution in [1.82, 2.24) is 10.0 Å². The highest BCUT2D eigenvalue weighted by molar-refractivity contribution is 7.91. The Morgan fingerprint density at radius 3 is 2.55 bits per heavy atom. The third kappa shape index (κ3) is 3.78. The number of carboxylic acids is 1. The number of sulfonamides is 1. The van der Waals surface area contributed by atoms with Crippen LogP contribution in [0.2, 0.25) is 0 Å². The van der Waals surface area contributed by atoms with E-state index in [-0.39, 0.29) is 34.0 Å². The van der Waals surface area contributed by atoms with Crippen LogP contribution in [0.4, 0.5) is 0 Å². The van der Waals surface area contributed by atoms with Crippen molar-refractivity contribution < 1.29 is 23.1 Å². The fourth-order valence-electron chi connectivity index (χ4n) is 1.51. The van der Waals surface area contributed by atoms with Crippen LogP contribution in [0.3, 0.4) is 0 Å². The van der Waals surface area contributed by atoms with E-state index in [0.717, 1.165) is 12.8 Å². The molecule has 0 saturated heterocycles. The zero-order valence-electron chi connectivity index (χ0n) is 10.5. The molecule has 1 saturated carbocycles. The van der Waals surface area contributed by atoms with Crippen LogP contribution in [0.5, 0.6) is 0 Å². The van der Waals surface area contributed by atoms with Crippen molar-refractivity contribution in [3.05, 3.63) is 17.0 Å². The van der Waals surface area contributed by atoms with Gasteiger partial charge >= 0.3 is 5.97 Å². The summed E-state index contributed by atoms with van der Waals surface area (Å²) in [4.78, 5) is 22.0. The molecule has 20 heavy (non-hydrogen) atoms. The zero-order chi connectivity index (χ0) is 14.8. The van der Waals surface area contributed by atoms with Crippen LogP contribution in [0, 0.1) is 5.92 Å². The van der Waals surface area contributed by atoms with Crippen LogP contribution in [-0.2, 0) is 14.8 Å². The van der Waals surface area contributed by atoms with E-state index in [2.05, 4.69) is 10.0 Å². The maximum absolute atomic E-state index is 11.9. The van der Waals surface area contributed by atoms with E-state index in [9.17, 15) is 18.0 Å². The third-order valence-electron chi connectivity index (χ3n) is 2.72. The highest BCUT2D eigenvalue weighted by Crippen LogP contribution is 2.28. The van der Waals surface area contributed by atoms with E-state index >= 15 is 0 Å². The molecular weight excluding hydrogens is 304 g/mol. The second-order valence-electron chi connectivity index (χ2n) is 4.39. The van der Waals surface area contributed by atoms with Crippen molar-refractivity contribution in [2.75, 3.05) is 13.1 Å². The van der Waals surface area contributed by atoms with E-state index in [4.69, 9.17) is 5.11 Å². The largest absolute Gasteiger partial charge is 0.477 e. The molecule has 3 N–H and O–H groups in total. The number of amides is 1. The fourth-order valence-corrected chi connectivity index (χ4v) is 3.73. The molecule has 1 aromatic rings. The first-order valence-electron chi connectivity index (χ1n) is 6.00. The standard InChI is InChI=1S/C11H14N2O5S2/c14-10(7-1-2-7)12-5-6-13-20(17,18)9-4-3-8(19-9)11(15)16/h3-4,7,13H,1-2,5-6H2,(H,12,14)(H,15,16). The molecule has 0 spiro atoms. The molecule has 7 nitrogen and oxygen atoms in total. The van der Waals surface area contributed by atoms with E-state index < -0.39 is 16.0 Å². The number of carboxylic acid groups (broad SMARTS) is 1. The van der Waals surface area contributed by atoms with Crippen molar-refractivity contribution in [2.24, 2.45) is 5.92 Å². The topological polar surface area (TPSA) is 113 Å². The van der Waals surface area contributed by atoms with Crippen molar-refractivity contribution in [1.29, 1.82) is 0 Å². The van der Waals surface area contributed by atoms with Gasteiger partial charge in [0.1, 0.15) is 9.09 Å². The summed E-state index contributed by atoms with van der Waals surface area (Å²) < 4.78 is 26.0. The minimum absolute atomic E-state index is 0.0348. The van der Waals surface area contributed by atoms with Gasteiger partial charge in [0.15, 0.2) is 0 Å². The lowest BCUT2D eigenvalue weighted by Crippen LogP contribution is -2.35. The zero-order valence-corrected chi connectivity index (χ0v) is 12.1. The highest BCUT2D eigenvalue weighted by atomic mass is 32.2. The van der Waals surface area contributed by atoms with Gasteiger partial charge in [0.05, 0.1) is 0 Å². The summed E-state index contributed by atoms with van der Waals surface area (Å²) in [5.41, 5.74) is 0. The Morgan fingerprint density at radius 2 is 2.00 bits per heavy atom. The smallest absolute Gasteiger partial charge is 0.345 e. The maximum Gasteiger partial charge on any atom is 0.345 e. The van der Waals surface area contributed by atoms with Gasteiger partial charge in [-0.3, -0.25) is 4.79 Å². The predicted molar refractivity (Wildman–Crippen MR) is 72.2 cm³/mol. The van der Waals surface area contributed by atoms with Gasteiger partial charge in [0.2, 0.25) is 15.9 Å². The lowest BCUT2D eigenvalue weighted by Gasteiger charge is -2.06. The van der Waals surface area contributed by atoms with Crippen LogP contribution in [0.25, 0.3) is 0 Å². The van der Waals surface area contributed by atoms with Gasteiger partial charge in [0, 0.05) is 19.0 Å². The number of carbonyl (C=O) groups excluding carboxylic acids is 1. The first-order chi connectivity index (χ1) is 9.40. The Balaban J connectivity index is 1.83. The van der Waals surface area contributed by atoms with Gasteiger partial charge in [-0.1, -0.05) is 0 Å². The molecule has 0 atom stereocenters. The molecule has 110 valence electrons. The molecule has 1 aliphatic carbocycles. The molecule has 0 aliphatic heterocycles. The first-order valence-corrected chi connectivity index (χ1v) is 8.30. The molecule has 0 unspecified atom stereocenters. The Hall–Kier alpha value is -1.45. The minimum atomic E-state index is -3.72. The lowest BCUT2D eigenvalue weighted by atomic mass is 10.4. The molecule has 1 heterocycles. The Kier molecular flexibility index (Phi) is 4.41. The van der Waals surface area contributed by atoms with Crippen LogP contribution in [0.1, 0.15) is 22.5 Å². The quantitative estimate of drug-likeness (QED) is 0.624. The highest BCUT2D eigenvalue weighted by Gasteiger charge is 2.29. The average molecular weight is 318 g/mol. The van der Waals surface area contributed by atoms with Crippen LogP contribution in [0.15, 0.2) is 16.3 Å². The van der Waals surface area contributed by atoms with Crippen LogP contribution in [-0.4, -0.2) is 38.5 Å². The average Bonchev–Trinajstić information content (AvgIpc) is 3.10. The van der Waals surface area contributed by atoms with Crippen molar-refractivity contribution in [3.63, 3.8) is 0 Å². The number of nitrogens with one attached hydrogen (secondary N) is 2. The summed E-state index contributed by atoms with van der Waals surface area (Å²) in [5.74, 6) is -1.12. The second-order valence-corrected chi connectivity index (χ2v) is 7.46. The van der Waals surface area contributed by atoms with E-state index in [0.29, 0.717) is 11.3 Å². The molecule has 1 amide bonds. The third-order valence-corrected chi connectivity index (χ3v) is 5.75.